The van der Waals surface area contributed by atoms with Crippen molar-refractivity contribution in [3.05, 3.63) is 59.9 Å². The van der Waals surface area contributed by atoms with E-state index in [0.29, 0.717) is 0 Å². The van der Waals surface area contributed by atoms with E-state index in [0.717, 1.165) is 12.1 Å². The van der Waals surface area contributed by atoms with E-state index in [2.05, 4.69) is 4.72 Å². The minimum absolute atomic E-state index is 0.171. The number of nitrogen functional groups attached to an aromatic ring is 1. The van der Waals surface area contributed by atoms with Gasteiger partial charge in [0.15, 0.2) is 0 Å². The van der Waals surface area contributed by atoms with Crippen molar-refractivity contribution in [1.82, 2.24) is 0 Å². The lowest BCUT2D eigenvalue weighted by molar-refractivity contribution is 0.595. The van der Waals surface area contributed by atoms with Gasteiger partial charge in [-0.3, -0.25) is 10.1 Å². The van der Waals surface area contributed by atoms with Crippen molar-refractivity contribution in [2.45, 2.75) is 4.90 Å². The lowest BCUT2D eigenvalue weighted by Gasteiger charge is -2.11. The van der Waals surface area contributed by atoms with Gasteiger partial charge in [0.2, 0.25) is 0 Å². The molecule has 5 nitrogen and oxygen atoms in total. The van der Waals surface area contributed by atoms with E-state index in [4.69, 9.17) is 11.1 Å². The summed E-state index contributed by atoms with van der Waals surface area (Å²) in [7, 11) is -3.93. The summed E-state index contributed by atoms with van der Waals surface area (Å²) in [6.07, 6.45) is 0. The van der Waals surface area contributed by atoms with Crippen LogP contribution in [0.25, 0.3) is 0 Å². The van der Waals surface area contributed by atoms with Gasteiger partial charge in [0.05, 0.1) is 10.6 Å². The van der Waals surface area contributed by atoms with E-state index in [1.165, 1.54) is 24.3 Å². The van der Waals surface area contributed by atoms with Crippen LogP contribution in [0.1, 0.15) is 5.56 Å². The summed E-state index contributed by atoms with van der Waals surface area (Å²) in [5, 5.41) is 7.41. The zero-order chi connectivity index (χ0) is 14.8. The molecule has 0 saturated heterocycles. The molecule has 2 rings (SSSR count). The number of nitrogens with two attached hydrogens (primary N) is 1. The Morgan fingerprint density at radius 3 is 2.50 bits per heavy atom. The fraction of sp³-hybridized carbons (Fsp3) is 0. The van der Waals surface area contributed by atoms with E-state index < -0.39 is 15.8 Å². The molecular formula is C13H12FN3O2S. The number of benzene rings is 2. The number of amidine groups is 1. The third kappa shape index (κ3) is 2.94. The molecule has 0 aliphatic carbocycles. The van der Waals surface area contributed by atoms with Gasteiger partial charge in [-0.1, -0.05) is 18.2 Å². The molecule has 2 aromatic rings. The topological polar surface area (TPSA) is 96.0 Å². The number of nitrogens with one attached hydrogen (secondary N) is 2. The Hall–Kier alpha value is -2.41. The first-order chi connectivity index (χ1) is 9.40. The molecule has 0 unspecified atom stereocenters. The lowest BCUT2D eigenvalue weighted by Crippen LogP contribution is -2.18. The third-order valence-corrected chi connectivity index (χ3v) is 3.93. The Labute approximate surface area is 115 Å². The summed E-state index contributed by atoms with van der Waals surface area (Å²) >= 11 is 0. The summed E-state index contributed by atoms with van der Waals surface area (Å²) in [5.41, 5.74) is 5.81. The Bertz CT molecular complexity index is 760. The molecule has 0 saturated carbocycles. The van der Waals surface area contributed by atoms with Gasteiger partial charge in [0.1, 0.15) is 11.7 Å². The van der Waals surface area contributed by atoms with E-state index >= 15 is 0 Å². The summed E-state index contributed by atoms with van der Waals surface area (Å²) in [4.78, 5) is -0.198. The van der Waals surface area contributed by atoms with Crippen LogP contribution >= 0.6 is 0 Å². The van der Waals surface area contributed by atoms with Crippen LogP contribution in [0.2, 0.25) is 0 Å². The number of sulfonamides is 1. The summed E-state index contributed by atoms with van der Waals surface area (Å²) < 4.78 is 39.7. The minimum Gasteiger partial charge on any atom is -0.384 e. The quantitative estimate of drug-likeness (QED) is 0.593. The molecule has 0 heterocycles. The Kier molecular flexibility index (Phi) is 3.71. The van der Waals surface area contributed by atoms with Gasteiger partial charge in [-0.15, -0.1) is 0 Å². The predicted molar refractivity (Wildman–Crippen MR) is 74.7 cm³/mol. The molecule has 0 radical (unpaired) electrons. The molecule has 0 spiro atoms. The van der Waals surface area contributed by atoms with E-state index in [-0.39, 0.29) is 22.0 Å². The third-order valence-electron chi connectivity index (χ3n) is 2.57. The van der Waals surface area contributed by atoms with E-state index in [1.807, 2.05) is 0 Å². The first-order valence-electron chi connectivity index (χ1n) is 5.62. The van der Waals surface area contributed by atoms with Gasteiger partial charge < -0.3 is 5.73 Å². The first kappa shape index (κ1) is 14.0. The predicted octanol–water partition coefficient (Wildman–Crippen LogP) is 1.91. The van der Waals surface area contributed by atoms with Crippen LogP contribution in [-0.4, -0.2) is 14.3 Å². The van der Waals surface area contributed by atoms with Crippen molar-refractivity contribution in [3.8, 4) is 0 Å². The SMILES string of the molecule is N=C(N)c1ccccc1NS(=O)(=O)c1cccc(F)c1. The molecule has 20 heavy (non-hydrogen) atoms. The van der Waals surface area contributed by atoms with Crippen molar-refractivity contribution in [1.29, 1.82) is 5.41 Å². The van der Waals surface area contributed by atoms with Crippen LogP contribution < -0.4 is 10.5 Å². The molecule has 104 valence electrons. The molecule has 4 N–H and O–H groups in total. The second kappa shape index (κ2) is 5.30. The standard InChI is InChI=1S/C13H12FN3O2S/c14-9-4-3-5-10(8-9)20(18,19)17-12-7-2-1-6-11(12)13(15)16/h1-8,17H,(H3,15,16). The molecule has 0 fully saturated rings. The summed E-state index contributed by atoms with van der Waals surface area (Å²) in [6.45, 7) is 0. The zero-order valence-corrected chi connectivity index (χ0v) is 11.1. The molecule has 0 aromatic heterocycles. The molecule has 0 atom stereocenters. The number of hydrogen-bond acceptors (Lipinski definition) is 3. The van der Waals surface area contributed by atoms with Crippen LogP contribution in [0.3, 0.4) is 0 Å². The van der Waals surface area contributed by atoms with Gasteiger partial charge >= 0.3 is 0 Å². The van der Waals surface area contributed by atoms with Gasteiger partial charge in [0, 0.05) is 5.56 Å². The monoisotopic (exact) mass is 293 g/mol. The second-order valence-electron chi connectivity index (χ2n) is 4.02. The molecule has 2 aromatic carbocycles. The maximum absolute atomic E-state index is 13.1. The molecular weight excluding hydrogens is 281 g/mol. The van der Waals surface area contributed by atoms with Gasteiger partial charge in [-0.2, -0.15) is 0 Å². The highest BCUT2D eigenvalue weighted by atomic mass is 32.2. The fourth-order valence-corrected chi connectivity index (χ4v) is 2.76. The molecule has 0 bridgehead atoms. The number of anilines is 1. The highest BCUT2D eigenvalue weighted by Crippen LogP contribution is 2.20. The first-order valence-corrected chi connectivity index (χ1v) is 7.10. The summed E-state index contributed by atoms with van der Waals surface area (Å²) in [6, 6.07) is 10.9. The van der Waals surface area contributed by atoms with Gasteiger partial charge in [0.25, 0.3) is 10.0 Å². The van der Waals surface area contributed by atoms with Crippen LogP contribution in [0.15, 0.2) is 53.4 Å². The minimum atomic E-state index is -3.93. The van der Waals surface area contributed by atoms with Crippen molar-refractivity contribution in [2.75, 3.05) is 4.72 Å². The lowest BCUT2D eigenvalue weighted by atomic mass is 10.2. The zero-order valence-electron chi connectivity index (χ0n) is 10.3. The van der Waals surface area contributed by atoms with Crippen LogP contribution in [0.5, 0.6) is 0 Å². The highest BCUT2D eigenvalue weighted by Gasteiger charge is 2.17. The van der Waals surface area contributed by atoms with Gasteiger partial charge in [-0.25, -0.2) is 12.8 Å². The fourth-order valence-electron chi connectivity index (χ4n) is 1.64. The molecule has 7 heteroatoms. The average molecular weight is 293 g/mol. The maximum Gasteiger partial charge on any atom is 0.262 e. The Balaban J connectivity index is 2.41. The van der Waals surface area contributed by atoms with Crippen LogP contribution in [0, 0.1) is 11.2 Å². The molecule has 0 aliphatic rings. The van der Waals surface area contributed by atoms with Crippen molar-refractivity contribution >= 4 is 21.5 Å². The van der Waals surface area contributed by atoms with Crippen molar-refractivity contribution in [3.63, 3.8) is 0 Å². The smallest absolute Gasteiger partial charge is 0.262 e. The Morgan fingerprint density at radius 2 is 1.85 bits per heavy atom. The Morgan fingerprint density at radius 1 is 1.15 bits per heavy atom. The van der Waals surface area contributed by atoms with Crippen LogP contribution in [0.4, 0.5) is 10.1 Å². The van der Waals surface area contributed by atoms with Crippen LogP contribution in [-0.2, 0) is 10.0 Å². The number of para-hydroxylation sites is 1. The molecule has 0 amide bonds. The van der Waals surface area contributed by atoms with Gasteiger partial charge in [-0.05, 0) is 30.3 Å². The van der Waals surface area contributed by atoms with Crippen molar-refractivity contribution in [2.24, 2.45) is 5.73 Å². The van der Waals surface area contributed by atoms with Crippen molar-refractivity contribution < 1.29 is 12.8 Å². The van der Waals surface area contributed by atoms with E-state index in [1.54, 1.807) is 12.1 Å². The molecule has 0 aliphatic heterocycles. The second-order valence-corrected chi connectivity index (χ2v) is 5.70. The maximum atomic E-state index is 13.1. The summed E-state index contributed by atoms with van der Waals surface area (Å²) in [5.74, 6) is -0.907. The number of rotatable bonds is 4. The highest BCUT2D eigenvalue weighted by molar-refractivity contribution is 7.92. The largest absolute Gasteiger partial charge is 0.384 e. The number of halogens is 1. The average Bonchev–Trinajstić information content (AvgIpc) is 2.38. The normalized spacial score (nSPS) is 11.1. The van der Waals surface area contributed by atoms with E-state index in [9.17, 15) is 12.8 Å². The number of hydrogen-bond donors (Lipinski definition) is 3.